The van der Waals surface area contributed by atoms with Crippen molar-refractivity contribution in [2.45, 2.75) is 19.4 Å². The van der Waals surface area contributed by atoms with Crippen molar-refractivity contribution < 1.29 is 10.5 Å². The maximum Gasteiger partial charge on any atom is 0.252 e. The van der Waals surface area contributed by atoms with Crippen LogP contribution in [-0.2, 0) is 4.79 Å². The number of anilines is 1. The summed E-state index contributed by atoms with van der Waals surface area (Å²) in [6.07, 6.45) is 2.75. The lowest BCUT2D eigenvalue weighted by Gasteiger charge is -2.14. The SMILES string of the molecule is CC([NH3+])C1=CCC(C(=O)Nc2ccc(Br)cc2)=CS1. The molecular formula is C14H16BrN2OS+. The molecule has 0 bridgehead atoms. The van der Waals surface area contributed by atoms with E-state index in [0.717, 1.165) is 15.7 Å². The van der Waals surface area contributed by atoms with E-state index >= 15 is 0 Å². The zero-order valence-electron chi connectivity index (χ0n) is 10.7. The molecule has 3 nitrogen and oxygen atoms in total. The van der Waals surface area contributed by atoms with Crippen LogP contribution in [-0.4, -0.2) is 11.9 Å². The average molecular weight is 340 g/mol. The zero-order valence-corrected chi connectivity index (χ0v) is 13.1. The van der Waals surface area contributed by atoms with Crippen molar-refractivity contribution in [2.24, 2.45) is 0 Å². The first-order valence-corrected chi connectivity index (χ1v) is 7.69. The summed E-state index contributed by atoms with van der Waals surface area (Å²) >= 11 is 4.96. The Morgan fingerprint density at radius 1 is 1.42 bits per heavy atom. The van der Waals surface area contributed by atoms with E-state index in [1.165, 1.54) is 4.91 Å². The van der Waals surface area contributed by atoms with Crippen molar-refractivity contribution in [3.63, 3.8) is 0 Å². The Morgan fingerprint density at radius 3 is 2.63 bits per heavy atom. The molecule has 0 radical (unpaired) electrons. The van der Waals surface area contributed by atoms with Gasteiger partial charge >= 0.3 is 0 Å². The summed E-state index contributed by atoms with van der Waals surface area (Å²) in [7, 11) is 0. The zero-order chi connectivity index (χ0) is 13.8. The molecule has 1 heterocycles. The number of hydrogen-bond acceptors (Lipinski definition) is 2. The van der Waals surface area contributed by atoms with Crippen molar-refractivity contribution in [1.29, 1.82) is 0 Å². The van der Waals surface area contributed by atoms with Gasteiger partial charge in [0.2, 0.25) is 0 Å². The second-order valence-corrected chi connectivity index (χ2v) is 6.29. The van der Waals surface area contributed by atoms with Gasteiger partial charge in [0, 0.05) is 20.6 Å². The predicted molar refractivity (Wildman–Crippen MR) is 83.5 cm³/mol. The molecule has 19 heavy (non-hydrogen) atoms. The Kier molecular flexibility index (Phi) is 4.85. The average Bonchev–Trinajstić information content (AvgIpc) is 2.41. The van der Waals surface area contributed by atoms with E-state index in [2.05, 4.69) is 40.0 Å². The van der Waals surface area contributed by atoms with Crippen LogP contribution in [0.15, 0.2) is 50.7 Å². The maximum absolute atomic E-state index is 12.1. The van der Waals surface area contributed by atoms with E-state index in [0.29, 0.717) is 6.42 Å². The second kappa shape index (κ2) is 6.41. The fourth-order valence-corrected chi connectivity index (χ4v) is 2.81. The van der Waals surface area contributed by atoms with E-state index in [1.54, 1.807) is 11.8 Å². The van der Waals surface area contributed by atoms with Crippen molar-refractivity contribution >= 4 is 39.3 Å². The highest BCUT2D eigenvalue weighted by Crippen LogP contribution is 2.28. The minimum atomic E-state index is -0.0400. The first-order chi connectivity index (χ1) is 9.06. The third-order valence-corrected chi connectivity index (χ3v) is 4.51. The molecule has 1 atom stereocenters. The molecule has 2 rings (SSSR count). The van der Waals surface area contributed by atoms with E-state index in [4.69, 9.17) is 0 Å². The molecular weight excluding hydrogens is 324 g/mol. The Morgan fingerprint density at radius 2 is 2.11 bits per heavy atom. The first-order valence-electron chi connectivity index (χ1n) is 6.02. The highest BCUT2D eigenvalue weighted by molar-refractivity contribution is 9.10. The molecule has 100 valence electrons. The van der Waals surface area contributed by atoms with Gasteiger partial charge < -0.3 is 11.1 Å². The van der Waals surface area contributed by atoms with Crippen LogP contribution in [0.3, 0.4) is 0 Å². The summed E-state index contributed by atoms with van der Waals surface area (Å²) in [5.74, 6) is -0.0400. The van der Waals surface area contributed by atoms with E-state index in [9.17, 15) is 4.79 Å². The van der Waals surface area contributed by atoms with Crippen LogP contribution in [0.1, 0.15) is 13.3 Å². The number of carbonyl (C=O) groups excluding carboxylic acids is 1. The molecule has 1 aliphatic rings. The largest absolute Gasteiger partial charge is 0.351 e. The standard InChI is InChI=1S/C14H15BrN2OS/c1-9(16)13-7-2-10(8-19-13)14(18)17-12-5-3-11(15)4-6-12/h3-9H,2,16H2,1H3,(H,17,18)/p+1. The molecule has 0 aliphatic carbocycles. The van der Waals surface area contributed by atoms with Gasteiger partial charge in [-0.3, -0.25) is 4.79 Å². The molecule has 5 heteroatoms. The lowest BCUT2D eigenvalue weighted by atomic mass is 10.1. The van der Waals surface area contributed by atoms with E-state index < -0.39 is 0 Å². The summed E-state index contributed by atoms with van der Waals surface area (Å²) in [4.78, 5) is 13.3. The number of amides is 1. The van der Waals surface area contributed by atoms with Gasteiger partial charge in [-0.1, -0.05) is 33.8 Å². The van der Waals surface area contributed by atoms with Crippen LogP contribution >= 0.6 is 27.7 Å². The van der Waals surface area contributed by atoms with Crippen molar-refractivity contribution in [2.75, 3.05) is 5.32 Å². The molecule has 0 spiro atoms. The van der Waals surface area contributed by atoms with Crippen molar-refractivity contribution in [3.8, 4) is 0 Å². The summed E-state index contributed by atoms with van der Waals surface area (Å²) < 4.78 is 0.995. The van der Waals surface area contributed by atoms with Crippen molar-refractivity contribution in [3.05, 3.63) is 50.7 Å². The number of allylic oxidation sites excluding steroid dienone is 1. The number of halogens is 1. The molecule has 0 saturated carbocycles. The number of hydrogen-bond donors (Lipinski definition) is 2. The Hall–Kier alpha value is -1.04. The smallest absolute Gasteiger partial charge is 0.252 e. The molecule has 0 aromatic heterocycles. The molecule has 0 fully saturated rings. The van der Waals surface area contributed by atoms with Crippen LogP contribution in [0.5, 0.6) is 0 Å². The molecule has 4 N–H and O–H groups in total. The monoisotopic (exact) mass is 339 g/mol. The van der Waals surface area contributed by atoms with E-state index in [1.807, 2.05) is 29.7 Å². The Labute approximate surface area is 125 Å². The summed E-state index contributed by atoms with van der Waals surface area (Å²) in [5.41, 5.74) is 5.58. The third kappa shape index (κ3) is 3.96. The predicted octanol–water partition coefficient (Wildman–Crippen LogP) is 2.92. The second-order valence-electron chi connectivity index (χ2n) is 4.43. The van der Waals surface area contributed by atoms with Crippen LogP contribution in [0.25, 0.3) is 0 Å². The number of quaternary nitrogens is 1. The fraction of sp³-hybridized carbons (Fsp3) is 0.214. The van der Waals surface area contributed by atoms with Gasteiger partial charge in [0.15, 0.2) is 0 Å². The van der Waals surface area contributed by atoms with Gasteiger partial charge in [-0.25, -0.2) is 0 Å². The number of benzene rings is 1. The number of carbonyl (C=O) groups is 1. The molecule has 1 amide bonds. The quantitative estimate of drug-likeness (QED) is 0.889. The maximum atomic E-state index is 12.1. The minimum absolute atomic E-state index is 0.0400. The first kappa shape index (κ1) is 14.4. The highest BCUT2D eigenvalue weighted by atomic mass is 79.9. The Bertz CT molecular complexity index is 535. The molecule has 0 saturated heterocycles. The topological polar surface area (TPSA) is 56.7 Å². The van der Waals surface area contributed by atoms with Gasteiger partial charge in [-0.15, -0.1) is 0 Å². The van der Waals surface area contributed by atoms with Gasteiger partial charge in [0.05, 0.1) is 0 Å². The van der Waals surface area contributed by atoms with Gasteiger partial charge in [-0.2, -0.15) is 0 Å². The van der Waals surface area contributed by atoms with Crippen molar-refractivity contribution in [1.82, 2.24) is 0 Å². The van der Waals surface area contributed by atoms with Crippen LogP contribution in [0.2, 0.25) is 0 Å². The molecule has 1 aliphatic heterocycles. The number of thioether (sulfide) groups is 1. The lowest BCUT2D eigenvalue weighted by Crippen LogP contribution is -2.59. The van der Waals surface area contributed by atoms with Gasteiger partial charge in [-0.05, 0) is 43.0 Å². The van der Waals surface area contributed by atoms with Gasteiger partial charge in [0.25, 0.3) is 5.91 Å². The summed E-state index contributed by atoms with van der Waals surface area (Å²) in [6, 6.07) is 7.83. The number of nitrogens with one attached hydrogen (secondary N) is 1. The minimum Gasteiger partial charge on any atom is -0.351 e. The third-order valence-electron chi connectivity index (χ3n) is 2.74. The summed E-state index contributed by atoms with van der Waals surface area (Å²) in [6.45, 7) is 2.06. The number of rotatable bonds is 3. The van der Waals surface area contributed by atoms with Crippen LogP contribution in [0, 0.1) is 0 Å². The van der Waals surface area contributed by atoms with Crippen LogP contribution in [0.4, 0.5) is 5.69 Å². The molecule has 1 aromatic carbocycles. The normalized spacial score (nSPS) is 16.4. The fourth-order valence-electron chi connectivity index (χ4n) is 1.65. The molecule has 1 unspecified atom stereocenters. The Balaban J connectivity index is 1.97. The summed E-state index contributed by atoms with van der Waals surface area (Å²) in [5, 5.41) is 4.82. The molecule has 1 aromatic rings. The highest BCUT2D eigenvalue weighted by Gasteiger charge is 2.16. The van der Waals surface area contributed by atoms with Gasteiger partial charge in [0.1, 0.15) is 6.04 Å². The van der Waals surface area contributed by atoms with Crippen LogP contribution < -0.4 is 11.1 Å². The van der Waals surface area contributed by atoms with E-state index in [-0.39, 0.29) is 11.9 Å². The lowest BCUT2D eigenvalue weighted by molar-refractivity contribution is -0.398.